The van der Waals surface area contributed by atoms with Crippen molar-refractivity contribution in [1.29, 1.82) is 0 Å². The fourth-order valence-electron chi connectivity index (χ4n) is 4.88. The van der Waals surface area contributed by atoms with Gasteiger partial charge < -0.3 is 35.8 Å². The van der Waals surface area contributed by atoms with Gasteiger partial charge in [-0.1, -0.05) is 42.3 Å². The fraction of sp³-hybridized carbons (Fsp3) is 0.250. The zero-order valence-electron chi connectivity index (χ0n) is 28.0. The van der Waals surface area contributed by atoms with Crippen molar-refractivity contribution in [2.75, 3.05) is 11.4 Å². The van der Waals surface area contributed by atoms with Gasteiger partial charge in [-0.2, -0.15) is 13.2 Å². The Morgan fingerprint density at radius 1 is 0.906 bits per heavy atom. The molecule has 1 unspecified atom stereocenters. The van der Waals surface area contributed by atoms with Crippen LogP contribution in [-0.4, -0.2) is 79.8 Å². The monoisotopic (exact) mass is 737 g/mol. The largest absolute Gasteiger partial charge is 0.490 e. The van der Waals surface area contributed by atoms with Crippen LogP contribution in [0.2, 0.25) is 0 Å². The Morgan fingerprint density at radius 3 is 2.09 bits per heavy atom. The molecule has 0 aliphatic heterocycles. The molecular weight excluding hydrogens is 703 g/mol. The Labute approximate surface area is 299 Å². The van der Waals surface area contributed by atoms with Gasteiger partial charge in [-0.25, -0.2) is 19.4 Å². The number of nitrogens with zero attached hydrogens (tertiary/aromatic N) is 2. The van der Waals surface area contributed by atoms with Crippen LogP contribution in [0.25, 0.3) is 10.9 Å². The Kier molecular flexibility index (Phi) is 14.2. The number of anilines is 1. The third kappa shape index (κ3) is 12.5. The summed E-state index contributed by atoms with van der Waals surface area (Å²) in [4.78, 5) is 79.1. The molecule has 0 saturated heterocycles. The summed E-state index contributed by atoms with van der Waals surface area (Å²) in [6.07, 6.45) is 0.0247. The van der Waals surface area contributed by atoms with Crippen LogP contribution in [0.1, 0.15) is 40.2 Å². The molecule has 0 saturated carbocycles. The molecule has 53 heavy (non-hydrogen) atoms. The van der Waals surface area contributed by atoms with Crippen LogP contribution in [0, 0.1) is 19.3 Å². The molecule has 4 aromatic rings. The maximum atomic E-state index is 12.9. The van der Waals surface area contributed by atoms with Crippen molar-refractivity contribution in [3.05, 3.63) is 106 Å². The number of carboxylic acids is 3. The predicted molar refractivity (Wildman–Crippen MR) is 185 cm³/mol. The molecule has 4 rings (SSSR count). The van der Waals surface area contributed by atoms with Gasteiger partial charge in [-0.05, 0) is 60.9 Å². The summed E-state index contributed by atoms with van der Waals surface area (Å²) < 4.78 is 31.7. The minimum Gasteiger partial charge on any atom is -0.480 e. The van der Waals surface area contributed by atoms with E-state index in [0.717, 1.165) is 11.1 Å². The molecule has 2 atom stereocenters. The second-order valence-electron chi connectivity index (χ2n) is 11.5. The van der Waals surface area contributed by atoms with Crippen molar-refractivity contribution in [1.82, 2.24) is 20.6 Å². The van der Waals surface area contributed by atoms with Crippen LogP contribution in [0.5, 0.6) is 0 Å². The van der Waals surface area contributed by atoms with Crippen molar-refractivity contribution < 1.29 is 52.5 Å². The van der Waals surface area contributed by atoms with Gasteiger partial charge in [0.1, 0.15) is 17.9 Å². The normalized spacial score (nSPS) is 11.9. The van der Waals surface area contributed by atoms with Crippen molar-refractivity contribution in [2.45, 2.75) is 51.0 Å². The Bertz CT molecular complexity index is 2050. The fourth-order valence-corrected chi connectivity index (χ4v) is 4.88. The van der Waals surface area contributed by atoms with Gasteiger partial charge in [0.15, 0.2) is 0 Å². The molecule has 6 N–H and O–H groups in total. The first-order chi connectivity index (χ1) is 25.0. The standard InChI is InChI=1S/C34H33N5O7.C2HF3O2/c1-3-17-39(20-23-9-14-27-26(18-23)32(42)36-21(2)35-27)25-12-10-24(11-13-25)31(41)38-28(33(43)44)15-16-30(40)37-29(34(45)46)19-22-7-5-4-6-8-22;3-2(4,5)1(6)7/h1,4-14,18,28-29H,15-17,19-20H2,2H3,(H,37,40)(H,38,41)(H,43,44)(H,45,46)(H,35,36,42);(H,6,7)/t28-,29?;/m0./s1. The van der Waals surface area contributed by atoms with Gasteiger partial charge in [0.25, 0.3) is 11.5 Å². The molecular formula is C36H34F3N5O9. The minimum absolute atomic E-state index is 0.0645. The molecule has 0 aliphatic carbocycles. The number of benzene rings is 3. The summed E-state index contributed by atoms with van der Waals surface area (Å²) in [5, 5.41) is 31.6. The van der Waals surface area contributed by atoms with Crippen LogP contribution < -0.4 is 21.1 Å². The number of amides is 2. The molecule has 0 fully saturated rings. The Morgan fingerprint density at radius 2 is 1.53 bits per heavy atom. The number of fused-ring (bicyclic) bond motifs is 1. The number of alkyl halides is 3. The third-order valence-electron chi connectivity index (χ3n) is 7.46. The quantitative estimate of drug-likeness (QED) is 0.103. The van der Waals surface area contributed by atoms with Crippen LogP contribution >= 0.6 is 0 Å². The number of nitrogens with one attached hydrogen (secondary N) is 3. The second kappa shape index (κ2) is 18.5. The highest BCUT2D eigenvalue weighted by Crippen LogP contribution is 2.20. The number of terminal acetylenes is 1. The number of H-pyrrole nitrogens is 1. The summed E-state index contributed by atoms with van der Waals surface area (Å²) >= 11 is 0. The number of aliphatic carboxylic acids is 3. The average molecular weight is 738 g/mol. The maximum Gasteiger partial charge on any atom is 0.490 e. The first-order valence-corrected chi connectivity index (χ1v) is 15.7. The van der Waals surface area contributed by atoms with Crippen molar-refractivity contribution in [3.8, 4) is 12.3 Å². The van der Waals surface area contributed by atoms with E-state index in [9.17, 15) is 47.4 Å². The van der Waals surface area contributed by atoms with E-state index in [-0.39, 0.29) is 36.9 Å². The summed E-state index contributed by atoms with van der Waals surface area (Å²) in [7, 11) is 0. The molecule has 0 aliphatic rings. The molecule has 1 aromatic heterocycles. The van der Waals surface area contributed by atoms with E-state index >= 15 is 0 Å². The van der Waals surface area contributed by atoms with Crippen molar-refractivity contribution in [3.63, 3.8) is 0 Å². The Balaban J connectivity index is 0.000000980. The molecule has 278 valence electrons. The first-order valence-electron chi connectivity index (χ1n) is 15.7. The number of aromatic amines is 1. The van der Waals surface area contributed by atoms with E-state index in [1.165, 1.54) is 12.1 Å². The summed E-state index contributed by atoms with van der Waals surface area (Å²) in [5.41, 5.74) is 2.77. The highest BCUT2D eigenvalue weighted by Gasteiger charge is 2.38. The van der Waals surface area contributed by atoms with Crippen molar-refractivity contribution >= 4 is 46.3 Å². The molecule has 14 nitrogen and oxygen atoms in total. The Hall–Kier alpha value is -6.70. The second-order valence-corrected chi connectivity index (χ2v) is 11.5. The molecule has 0 bridgehead atoms. The summed E-state index contributed by atoms with van der Waals surface area (Å²) in [6.45, 7) is 2.32. The van der Waals surface area contributed by atoms with E-state index in [4.69, 9.17) is 16.3 Å². The molecule has 0 spiro atoms. The molecule has 0 radical (unpaired) electrons. The number of hydrogen-bond acceptors (Lipinski definition) is 8. The number of carboxylic acid groups (broad SMARTS) is 3. The van der Waals surface area contributed by atoms with Gasteiger partial charge in [-0.15, -0.1) is 6.42 Å². The average Bonchev–Trinajstić information content (AvgIpc) is 3.10. The lowest BCUT2D eigenvalue weighted by molar-refractivity contribution is -0.192. The number of halogens is 3. The van der Waals surface area contributed by atoms with Crippen LogP contribution in [0.4, 0.5) is 18.9 Å². The predicted octanol–water partition coefficient (Wildman–Crippen LogP) is 3.28. The van der Waals surface area contributed by atoms with Gasteiger partial charge in [0, 0.05) is 30.6 Å². The van der Waals surface area contributed by atoms with E-state index < -0.39 is 48.0 Å². The van der Waals surface area contributed by atoms with E-state index in [0.29, 0.717) is 29.0 Å². The van der Waals surface area contributed by atoms with E-state index in [2.05, 4.69) is 26.5 Å². The lowest BCUT2D eigenvalue weighted by Crippen LogP contribution is -2.44. The molecule has 17 heteroatoms. The zero-order chi connectivity index (χ0) is 39.3. The zero-order valence-corrected chi connectivity index (χ0v) is 28.0. The van der Waals surface area contributed by atoms with Crippen LogP contribution in [0.15, 0.2) is 77.6 Å². The maximum absolute atomic E-state index is 12.9. The SMILES string of the molecule is C#CCN(Cc1ccc2nc(C)[nH]c(=O)c2c1)c1ccc(C(=O)N[C@@H](CCC(=O)NC(Cc2ccccc2)C(=O)O)C(=O)O)cc1.O=C(O)C(F)(F)F. The first kappa shape index (κ1) is 40.7. The van der Waals surface area contributed by atoms with Gasteiger partial charge in [0.2, 0.25) is 5.91 Å². The van der Waals surface area contributed by atoms with Gasteiger partial charge in [0.05, 0.1) is 17.4 Å². The lowest BCUT2D eigenvalue weighted by atomic mass is 10.1. The number of aryl methyl sites for hydroxylation is 1. The van der Waals surface area contributed by atoms with Crippen LogP contribution in [-0.2, 0) is 32.1 Å². The smallest absolute Gasteiger partial charge is 0.480 e. The highest BCUT2D eigenvalue weighted by molar-refractivity contribution is 5.97. The number of hydrogen-bond donors (Lipinski definition) is 6. The molecule has 1 heterocycles. The number of carbonyl (C=O) groups excluding carboxylic acids is 2. The van der Waals surface area contributed by atoms with Gasteiger partial charge >= 0.3 is 24.1 Å². The van der Waals surface area contributed by atoms with Crippen LogP contribution in [0.3, 0.4) is 0 Å². The molecule has 2 amide bonds. The highest BCUT2D eigenvalue weighted by atomic mass is 19.4. The topological polar surface area (TPSA) is 219 Å². The van der Waals surface area contributed by atoms with E-state index in [1.54, 1.807) is 61.5 Å². The summed E-state index contributed by atoms with van der Waals surface area (Å²) in [5.74, 6) is -3.49. The van der Waals surface area contributed by atoms with E-state index in [1.807, 2.05) is 11.0 Å². The molecule has 3 aromatic carbocycles. The number of rotatable bonds is 14. The number of carbonyl (C=O) groups is 5. The minimum atomic E-state index is -5.08. The lowest BCUT2D eigenvalue weighted by Gasteiger charge is -2.23. The third-order valence-corrected chi connectivity index (χ3v) is 7.46. The number of aromatic nitrogens is 2. The summed E-state index contributed by atoms with van der Waals surface area (Å²) in [6, 6.07) is 18.0. The van der Waals surface area contributed by atoms with Gasteiger partial charge in [-0.3, -0.25) is 14.4 Å². The van der Waals surface area contributed by atoms with Crippen molar-refractivity contribution in [2.24, 2.45) is 0 Å².